The summed E-state index contributed by atoms with van der Waals surface area (Å²) in [7, 11) is 1.93. The number of carbonyl (C=O) groups is 2. The lowest BCUT2D eigenvalue weighted by Crippen LogP contribution is -2.37. The number of benzene rings is 2. The number of aryl methyl sites for hydroxylation is 1. The molecule has 0 fully saturated rings. The van der Waals surface area contributed by atoms with Crippen LogP contribution in [0, 0.1) is 0 Å². The van der Waals surface area contributed by atoms with Gasteiger partial charge in [0.05, 0.1) is 6.54 Å². The molecular formula is C22H16N3O3+. The first-order valence-electron chi connectivity index (χ1n) is 8.86. The van der Waals surface area contributed by atoms with Crippen LogP contribution in [-0.4, -0.2) is 16.4 Å². The summed E-state index contributed by atoms with van der Waals surface area (Å²) in [5.41, 5.74) is 1.60. The quantitative estimate of drug-likeness (QED) is 0.423. The molecule has 2 aromatic carbocycles. The third-order valence-corrected chi connectivity index (χ3v) is 5.38. The Bertz CT molecular complexity index is 1350. The second kappa shape index (κ2) is 5.60. The van der Waals surface area contributed by atoms with Crippen LogP contribution < -0.4 is 20.8 Å². The first-order chi connectivity index (χ1) is 13.5. The fourth-order valence-corrected chi connectivity index (χ4v) is 3.93. The van der Waals surface area contributed by atoms with Gasteiger partial charge in [-0.15, -0.1) is 0 Å². The molecule has 1 aliphatic rings. The Morgan fingerprint density at radius 1 is 0.893 bits per heavy atom. The third-order valence-electron chi connectivity index (χ3n) is 5.38. The number of pyridine rings is 2. The van der Waals surface area contributed by atoms with E-state index in [1.807, 2.05) is 36.1 Å². The molecule has 0 saturated carbocycles. The molecule has 0 saturated heterocycles. The van der Waals surface area contributed by atoms with Crippen molar-refractivity contribution in [1.29, 1.82) is 0 Å². The standard InChI is InChI=1S/C22H15N3O3/c1-12-14-3-4-15-19-16(21(27)23-20(15)26)5-6-17(18(14)19)22(28)25(12)11-13-7-9-24(2)10-8-13/h3-10H,1,11H2,2H3/p+1. The van der Waals surface area contributed by atoms with E-state index in [2.05, 4.69) is 11.9 Å². The summed E-state index contributed by atoms with van der Waals surface area (Å²) in [5.74, 6) is -0.891. The summed E-state index contributed by atoms with van der Waals surface area (Å²) in [6.07, 6.45) is 3.85. The summed E-state index contributed by atoms with van der Waals surface area (Å²) in [5, 5.41) is 5.31. The van der Waals surface area contributed by atoms with Crippen LogP contribution >= 0.6 is 0 Å². The average Bonchev–Trinajstić information content (AvgIpc) is 2.69. The van der Waals surface area contributed by atoms with Crippen LogP contribution in [0.3, 0.4) is 0 Å². The number of rotatable bonds is 2. The van der Waals surface area contributed by atoms with Gasteiger partial charge in [-0.1, -0.05) is 12.6 Å². The molecule has 0 atom stereocenters. The molecule has 6 heteroatoms. The molecule has 136 valence electrons. The van der Waals surface area contributed by atoms with Gasteiger partial charge in [0, 0.05) is 50.2 Å². The molecule has 0 aliphatic carbocycles. The van der Waals surface area contributed by atoms with Crippen LogP contribution in [-0.2, 0) is 13.6 Å². The van der Waals surface area contributed by atoms with Crippen molar-refractivity contribution in [2.75, 3.05) is 0 Å². The molecular weight excluding hydrogens is 354 g/mol. The summed E-state index contributed by atoms with van der Waals surface area (Å²) in [4.78, 5) is 37.8. The lowest BCUT2D eigenvalue weighted by atomic mass is 9.91. The maximum atomic E-state index is 13.3. The van der Waals surface area contributed by atoms with Crippen LogP contribution in [0.2, 0.25) is 0 Å². The second-order valence-electron chi connectivity index (χ2n) is 7.06. The van der Waals surface area contributed by atoms with Crippen LogP contribution in [0.5, 0.6) is 0 Å². The number of hydrogen-bond donors (Lipinski definition) is 1. The van der Waals surface area contributed by atoms with Gasteiger partial charge in [-0.05, 0) is 23.8 Å². The maximum Gasteiger partial charge on any atom is 0.259 e. The molecule has 3 heterocycles. The largest absolute Gasteiger partial charge is 0.304 e. The predicted octanol–water partition coefficient (Wildman–Crippen LogP) is 1.04. The Labute approximate surface area is 159 Å². The van der Waals surface area contributed by atoms with Crippen molar-refractivity contribution in [3.63, 3.8) is 0 Å². The first-order valence-corrected chi connectivity index (χ1v) is 8.86. The van der Waals surface area contributed by atoms with Crippen LogP contribution in [0.15, 0.2) is 53.6 Å². The van der Waals surface area contributed by atoms with Crippen molar-refractivity contribution < 1.29 is 14.2 Å². The van der Waals surface area contributed by atoms with E-state index in [1.54, 1.807) is 28.8 Å². The fraction of sp³-hybridized carbons (Fsp3) is 0.0909. The number of amides is 2. The molecule has 5 rings (SSSR count). The van der Waals surface area contributed by atoms with Gasteiger partial charge in [-0.2, -0.15) is 0 Å². The molecule has 2 aromatic heterocycles. The van der Waals surface area contributed by atoms with E-state index >= 15 is 0 Å². The van der Waals surface area contributed by atoms with Crippen molar-refractivity contribution >= 4 is 39.9 Å². The van der Waals surface area contributed by atoms with E-state index in [1.165, 1.54) is 0 Å². The van der Waals surface area contributed by atoms with Crippen molar-refractivity contribution in [2.24, 2.45) is 7.05 Å². The summed E-state index contributed by atoms with van der Waals surface area (Å²) >= 11 is 0. The number of hydrogen-bond acceptors (Lipinski definition) is 3. The monoisotopic (exact) mass is 370 g/mol. The summed E-state index contributed by atoms with van der Waals surface area (Å²) in [6.45, 7) is 4.53. The Hall–Kier alpha value is -3.80. The molecule has 28 heavy (non-hydrogen) atoms. The van der Waals surface area contributed by atoms with E-state index in [4.69, 9.17) is 0 Å². The Morgan fingerprint density at radius 2 is 1.50 bits per heavy atom. The zero-order valence-electron chi connectivity index (χ0n) is 15.2. The van der Waals surface area contributed by atoms with Crippen molar-refractivity contribution in [2.45, 2.75) is 6.54 Å². The highest BCUT2D eigenvalue weighted by Crippen LogP contribution is 2.31. The third kappa shape index (κ3) is 2.15. The molecule has 0 spiro atoms. The van der Waals surface area contributed by atoms with Gasteiger partial charge < -0.3 is 4.57 Å². The van der Waals surface area contributed by atoms with E-state index in [9.17, 15) is 14.4 Å². The Balaban J connectivity index is 1.86. The molecule has 1 aliphatic heterocycles. The van der Waals surface area contributed by atoms with Crippen molar-refractivity contribution in [1.82, 2.24) is 9.88 Å². The zero-order chi connectivity index (χ0) is 19.6. The topological polar surface area (TPSA) is 72.1 Å². The van der Waals surface area contributed by atoms with Gasteiger partial charge in [0.1, 0.15) is 7.05 Å². The highest BCUT2D eigenvalue weighted by Gasteiger charge is 2.27. The van der Waals surface area contributed by atoms with Gasteiger partial charge in [0.15, 0.2) is 12.4 Å². The number of imide groups is 1. The predicted molar refractivity (Wildman–Crippen MR) is 105 cm³/mol. The van der Waals surface area contributed by atoms with Gasteiger partial charge in [-0.3, -0.25) is 19.7 Å². The Kier molecular flexibility index (Phi) is 3.27. The van der Waals surface area contributed by atoms with E-state index in [0.717, 1.165) is 10.9 Å². The minimum atomic E-state index is -0.446. The average molecular weight is 370 g/mol. The molecule has 0 unspecified atom stereocenters. The van der Waals surface area contributed by atoms with Gasteiger partial charge in [0.2, 0.25) is 0 Å². The number of aromatic nitrogens is 2. The number of nitrogens with zero attached hydrogens (tertiary/aromatic N) is 2. The SMILES string of the molecule is C=c1c2ccc3c4c(ccc(c(=O)n1Cc1cc[n+](C)cc1)c42)C(=O)NC3=O. The molecule has 0 radical (unpaired) electrons. The molecule has 2 amide bonds. The number of carbonyl (C=O) groups excluding carboxylic acids is 2. The van der Waals surface area contributed by atoms with Crippen LogP contribution in [0.4, 0.5) is 0 Å². The van der Waals surface area contributed by atoms with Crippen molar-refractivity contribution in [3.05, 3.63) is 81.2 Å². The highest BCUT2D eigenvalue weighted by molar-refractivity contribution is 6.30. The molecule has 4 aromatic rings. The van der Waals surface area contributed by atoms with Crippen molar-refractivity contribution in [3.8, 4) is 0 Å². The normalized spacial score (nSPS) is 13.3. The maximum absolute atomic E-state index is 13.3. The first kappa shape index (κ1) is 16.4. The minimum absolute atomic E-state index is 0.187. The summed E-state index contributed by atoms with van der Waals surface area (Å²) < 4.78 is 3.56. The van der Waals surface area contributed by atoms with Gasteiger partial charge >= 0.3 is 0 Å². The smallest absolute Gasteiger partial charge is 0.259 e. The lowest BCUT2D eigenvalue weighted by molar-refractivity contribution is -0.671. The minimum Gasteiger partial charge on any atom is -0.304 e. The summed E-state index contributed by atoms with van der Waals surface area (Å²) in [6, 6.07) is 10.7. The van der Waals surface area contributed by atoms with Gasteiger partial charge in [0.25, 0.3) is 17.4 Å². The molecule has 6 nitrogen and oxygen atoms in total. The molecule has 1 N–H and O–H groups in total. The van der Waals surface area contributed by atoms with E-state index < -0.39 is 11.8 Å². The van der Waals surface area contributed by atoms with E-state index in [0.29, 0.717) is 39.2 Å². The van der Waals surface area contributed by atoms with Crippen LogP contribution in [0.25, 0.3) is 28.1 Å². The fourth-order valence-electron chi connectivity index (χ4n) is 3.93. The molecule has 0 bridgehead atoms. The lowest BCUT2D eigenvalue weighted by Gasteiger charge is -2.20. The van der Waals surface area contributed by atoms with Crippen LogP contribution in [0.1, 0.15) is 26.3 Å². The second-order valence-corrected chi connectivity index (χ2v) is 7.06. The highest BCUT2D eigenvalue weighted by atomic mass is 16.2. The zero-order valence-corrected chi connectivity index (χ0v) is 15.2. The van der Waals surface area contributed by atoms with Gasteiger partial charge in [-0.25, -0.2) is 4.57 Å². The van der Waals surface area contributed by atoms with E-state index in [-0.39, 0.29) is 5.56 Å². The Morgan fingerprint density at radius 3 is 2.14 bits per heavy atom. The number of nitrogens with one attached hydrogen (secondary N) is 1.